The molecule has 2 aromatic rings. The lowest BCUT2D eigenvalue weighted by atomic mass is 9.93. The van der Waals surface area contributed by atoms with Crippen LogP contribution in [-0.4, -0.2) is 46.7 Å². The highest BCUT2D eigenvalue weighted by Gasteiger charge is 2.44. The second-order valence-corrected chi connectivity index (χ2v) is 7.10. The average Bonchev–Trinajstić information content (AvgIpc) is 2.98. The summed E-state index contributed by atoms with van der Waals surface area (Å²) in [5.74, 6) is -0.0380. The number of alkyl carbamates (subject to hydrolysis) is 1. The number of benzene rings is 1. The number of carbonyl (C=O) groups excluding carboxylic acids is 2. The number of rotatable bonds is 2. The zero-order valence-corrected chi connectivity index (χ0v) is 14.7. The molecule has 0 bridgehead atoms. The summed E-state index contributed by atoms with van der Waals surface area (Å²) >= 11 is 0. The Morgan fingerprint density at radius 3 is 2.88 bits per heavy atom. The van der Waals surface area contributed by atoms with E-state index in [4.69, 9.17) is 4.74 Å². The Hall–Kier alpha value is -2.83. The van der Waals surface area contributed by atoms with E-state index in [1.807, 2.05) is 29.7 Å². The van der Waals surface area contributed by atoms with Crippen LogP contribution in [0, 0.1) is 6.92 Å². The summed E-state index contributed by atoms with van der Waals surface area (Å²) in [6.45, 7) is 3.48. The second-order valence-electron chi connectivity index (χ2n) is 7.10. The van der Waals surface area contributed by atoms with Crippen LogP contribution in [0.1, 0.15) is 18.5 Å². The van der Waals surface area contributed by atoms with Crippen molar-refractivity contribution in [3.05, 3.63) is 46.2 Å². The van der Waals surface area contributed by atoms with E-state index < -0.39 is 11.7 Å². The summed E-state index contributed by atoms with van der Waals surface area (Å²) in [5, 5.41) is 3.30. The van der Waals surface area contributed by atoms with Crippen molar-refractivity contribution in [2.45, 2.75) is 31.9 Å². The third-order valence-corrected chi connectivity index (χ3v) is 5.28. The Bertz CT molecular complexity index is 951. The Kier molecular flexibility index (Phi) is 3.94. The quantitative estimate of drug-likeness (QED) is 0.883. The van der Waals surface area contributed by atoms with Gasteiger partial charge in [-0.15, -0.1) is 0 Å². The number of pyridine rings is 1. The van der Waals surface area contributed by atoms with E-state index in [0.29, 0.717) is 25.0 Å². The van der Waals surface area contributed by atoms with Gasteiger partial charge in [0, 0.05) is 23.7 Å². The predicted molar refractivity (Wildman–Crippen MR) is 96.0 cm³/mol. The molecule has 1 atom stereocenters. The van der Waals surface area contributed by atoms with Gasteiger partial charge in [0.2, 0.25) is 5.91 Å². The molecule has 7 nitrogen and oxygen atoms in total. The molecule has 1 aromatic carbocycles. The number of aromatic nitrogens is 1. The largest absolute Gasteiger partial charge is 0.439 e. The average molecular weight is 355 g/mol. The third-order valence-electron chi connectivity index (χ3n) is 5.28. The van der Waals surface area contributed by atoms with Crippen LogP contribution < -0.4 is 10.7 Å². The highest BCUT2D eigenvalue weighted by molar-refractivity contribution is 5.83. The summed E-state index contributed by atoms with van der Waals surface area (Å²) in [7, 11) is 0. The van der Waals surface area contributed by atoms with Crippen molar-refractivity contribution in [2.24, 2.45) is 0 Å². The maximum absolute atomic E-state index is 12.9. The van der Waals surface area contributed by atoms with Crippen LogP contribution in [0.4, 0.5) is 4.79 Å². The van der Waals surface area contributed by atoms with E-state index >= 15 is 0 Å². The van der Waals surface area contributed by atoms with Crippen LogP contribution >= 0.6 is 0 Å². The van der Waals surface area contributed by atoms with Crippen molar-refractivity contribution < 1.29 is 14.3 Å². The first kappa shape index (κ1) is 16.6. The zero-order chi connectivity index (χ0) is 18.3. The first-order chi connectivity index (χ1) is 12.5. The zero-order valence-electron chi connectivity index (χ0n) is 14.7. The minimum absolute atomic E-state index is 0.0380. The van der Waals surface area contributed by atoms with Gasteiger partial charge in [0.1, 0.15) is 12.1 Å². The van der Waals surface area contributed by atoms with Crippen molar-refractivity contribution in [3.63, 3.8) is 0 Å². The Morgan fingerprint density at radius 1 is 1.31 bits per heavy atom. The van der Waals surface area contributed by atoms with Crippen molar-refractivity contribution in [3.8, 4) is 0 Å². The molecule has 0 saturated carbocycles. The molecule has 0 aliphatic carbocycles. The Balaban J connectivity index is 1.60. The number of carbonyl (C=O) groups is 2. The van der Waals surface area contributed by atoms with Gasteiger partial charge >= 0.3 is 6.09 Å². The number of amides is 2. The number of likely N-dealkylation sites (tertiary alicyclic amines) is 1. The molecule has 2 aliphatic rings. The molecule has 26 heavy (non-hydrogen) atoms. The number of hydrogen-bond acceptors (Lipinski definition) is 4. The van der Waals surface area contributed by atoms with Crippen molar-refractivity contribution in [1.29, 1.82) is 0 Å². The standard InChI is InChI=1S/C19H21N3O4/c1-13-9-16(23)14-5-2-3-6-15(14)22(13)10-17(24)21-8-4-7-19(12-21)11-20-18(25)26-19/h2-3,5-6,9H,4,7-8,10-12H2,1H3,(H,20,25)/t19-/m0/s1. The molecule has 2 saturated heterocycles. The lowest BCUT2D eigenvalue weighted by Crippen LogP contribution is -2.53. The molecule has 136 valence electrons. The molecule has 2 aliphatic heterocycles. The topological polar surface area (TPSA) is 80.6 Å². The molecular formula is C19H21N3O4. The third kappa shape index (κ3) is 2.83. The number of hydrogen-bond donors (Lipinski definition) is 1. The molecule has 7 heteroatoms. The number of ether oxygens (including phenoxy) is 1. The Labute approximate surface area is 150 Å². The van der Waals surface area contributed by atoms with Crippen LogP contribution in [-0.2, 0) is 16.1 Å². The Morgan fingerprint density at radius 2 is 2.12 bits per heavy atom. The van der Waals surface area contributed by atoms with E-state index in [-0.39, 0.29) is 17.9 Å². The number of para-hydroxylation sites is 1. The van der Waals surface area contributed by atoms with Gasteiger partial charge in [-0.3, -0.25) is 9.59 Å². The van der Waals surface area contributed by atoms with Gasteiger partial charge in [-0.05, 0) is 31.9 Å². The van der Waals surface area contributed by atoms with Crippen LogP contribution in [0.5, 0.6) is 0 Å². The number of aryl methyl sites for hydroxylation is 1. The van der Waals surface area contributed by atoms with Gasteiger partial charge in [0.15, 0.2) is 5.43 Å². The van der Waals surface area contributed by atoms with Gasteiger partial charge in [-0.25, -0.2) is 4.79 Å². The lowest BCUT2D eigenvalue weighted by Gasteiger charge is -2.38. The summed E-state index contributed by atoms with van der Waals surface area (Å²) < 4.78 is 7.31. The molecule has 0 unspecified atom stereocenters. The van der Waals surface area contributed by atoms with Crippen molar-refractivity contribution in [1.82, 2.24) is 14.8 Å². The maximum atomic E-state index is 12.9. The summed E-state index contributed by atoms with van der Waals surface area (Å²) in [4.78, 5) is 38.3. The molecule has 2 fully saturated rings. The highest BCUT2D eigenvalue weighted by atomic mass is 16.6. The minimum Gasteiger partial charge on any atom is -0.439 e. The summed E-state index contributed by atoms with van der Waals surface area (Å²) in [6, 6.07) is 8.88. The fourth-order valence-corrected chi connectivity index (χ4v) is 3.94. The molecular weight excluding hydrogens is 334 g/mol. The van der Waals surface area contributed by atoms with Gasteiger partial charge in [0.25, 0.3) is 0 Å². The minimum atomic E-state index is -0.606. The highest BCUT2D eigenvalue weighted by Crippen LogP contribution is 2.28. The molecule has 3 heterocycles. The van der Waals surface area contributed by atoms with Gasteiger partial charge in [0.05, 0.1) is 18.6 Å². The van der Waals surface area contributed by atoms with Crippen LogP contribution in [0.15, 0.2) is 35.1 Å². The lowest BCUT2D eigenvalue weighted by molar-refractivity contribution is -0.137. The van der Waals surface area contributed by atoms with Gasteiger partial charge in [-0.2, -0.15) is 0 Å². The number of nitrogens with zero attached hydrogens (tertiary/aromatic N) is 2. The number of fused-ring (bicyclic) bond motifs is 1. The van der Waals surface area contributed by atoms with Crippen LogP contribution in [0.25, 0.3) is 10.9 Å². The van der Waals surface area contributed by atoms with E-state index in [0.717, 1.165) is 24.1 Å². The molecule has 1 aromatic heterocycles. The smallest absolute Gasteiger partial charge is 0.407 e. The van der Waals surface area contributed by atoms with E-state index in [1.54, 1.807) is 17.0 Å². The molecule has 4 rings (SSSR count). The van der Waals surface area contributed by atoms with Crippen LogP contribution in [0.2, 0.25) is 0 Å². The first-order valence-electron chi connectivity index (χ1n) is 8.81. The number of piperidine rings is 1. The molecule has 1 N–H and O–H groups in total. The molecule has 2 amide bonds. The molecule has 1 spiro atoms. The summed E-state index contributed by atoms with van der Waals surface area (Å²) in [6.07, 6.45) is 1.14. The fraction of sp³-hybridized carbons (Fsp3) is 0.421. The monoisotopic (exact) mass is 355 g/mol. The van der Waals surface area contributed by atoms with E-state index in [9.17, 15) is 14.4 Å². The fourth-order valence-electron chi connectivity index (χ4n) is 3.94. The SMILES string of the molecule is Cc1cc(=O)c2ccccc2n1CC(=O)N1CCC[C@]2(CNC(=O)O2)C1. The van der Waals surface area contributed by atoms with E-state index in [2.05, 4.69) is 5.32 Å². The molecule has 0 radical (unpaired) electrons. The van der Waals surface area contributed by atoms with E-state index in [1.165, 1.54) is 0 Å². The normalized spacial score (nSPS) is 22.5. The van der Waals surface area contributed by atoms with Gasteiger partial charge in [-0.1, -0.05) is 12.1 Å². The first-order valence-corrected chi connectivity index (χ1v) is 8.81. The summed E-state index contributed by atoms with van der Waals surface area (Å²) in [5.41, 5.74) is 0.864. The second kappa shape index (κ2) is 6.16. The number of nitrogens with one attached hydrogen (secondary N) is 1. The van der Waals surface area contributed by atoms with Crippen molar-refractivity contribution in [2.75, 3.05) is 19.6 Å². The van der Waals surface area contributed by atoms with Gasteiger partial charge < -0.3 is 19.5 Å². The predicted octanol–water partition coefficient (Wildman–Crippen LogP) is 1.41. The maximum Gasteiger partial charge on any atom is 0.407 e. The van der Waals surface area contributed by atoms with Crippen LogP contribution in [0.3, 0.4) is 0 Å². The van der Waals surface area contributed by atoms with Crippen molar-refractivity contribution >= 4 is 22.9 Å².